The lowest BCUT2D eigenvalue weighted by atomic mass is 10.1. The summed E-state index contributed by atoms with van der Waals surface area (Å²) in [6.45, 7) is 1.58. The van der Waals surface area contributed by atoms with E-state index >= 15 is 0 Å². The fraction of sp³-hybridized carbons (Fsp3) is 0.375. The third-order valence-corrected chi connectivity index (χ3v) is 1.92. The molecular weight excluding hydrogens is 195 g/mol. The molecule has 1 rings (SSSR count). The van der Waals surface area contributed by atoms with Crippen LogP contribution in [-0.4, -0.2) is 4.98 Å². The van der Waals surface area contributed by atoms with E-state index in [2.05, 4.69) is 4.98 Å². The Morgan fingerprint density at radius 1 is 1.36 bits per heavy atom. The molecule has 0 fully saturated rings. The third kappa shape index (κ3) is 1.73. The molecule has 14 heavy (non-hydrogen) atoms. The molecule has 1 heterocycles. The van der Waals surface area contributed by atoms with Crippen LogP contribution in [0.3, 0.4) is 0 Å². The van der Waals surface area contributed by atoms with E-state index in [0.29, 0.717) is 6.20 Å². The number of nitrogens with two attached hydrogens (primary N) is 2. The van der Waals surface area contributed by atoms with Gasteiger partial charge in [0.25, 0.3) is 0 Å². The average molecular weight is 205 g/mol. The highest BCUT2D eigenvalue weighted by atomic mass is 19.4. The van der Waals surface area contributed by atoms with Crippen molar-refractivity contribution in [2.75, 3.05) is 11.5 Å². The standard InChI is InChI=1S/C8H10F3N3/c1-2-4-5(8(9,10)11)3-14-7(13)6(4)12/h3H,2,12H2,1H3,(H2,13,14). The average Bonchev–Trinajstić information content (AvgIpc) is 2.07. The summed E-state index contributed by atoms with van der Waals surface area (Å²) in [5, 5.41) is 0. The summed E-state index contributed by atoms with van der Waals surface area (Å²) < 4.78 is 37.2. The number of nitrogen functional groups attached to an aromatic ring is 2. The number of hydrogen-bond donors (Lipinski definition) is 2. The van der Waals surface area contributed by atoms with Crippen LogP contribution in [0.2, 0.25) is 0 Å². The van der Waals surface area contributed by atoms with Crippen LogP contribution < -0.4 is 11.5 Å². The van der Waals surface area contributed by atoms with E-state index in [1.54, 1.807) is 6.92 Å². The van der Waals surface area contributed by atoms with Crippen molar-refractivity contribution in [3.63, 3.8) is 0 Å². The Morgan fingerprint density at radius 2 is 1.93 bits per heavy atom. The van der Waals surface area contributed by atoms with Crippen molar-refractivity contribution in [2.45, 2.75) is 19.5 Å². The van der Waals surface area contributed by atoms with Crippen molar-refractivity contribution in [3.8, 4) is 0 Å². The van der Waals surface area contributed by atoms with E-state index in [4.69, 9.17) is 11.5 Å². The number of pyridine rings is 1. The second kappa shape index (κ2) is 3.36. The molecule has 0 aromatic carbocycles. The maximum Gasteiger partial charge on any atom is 0.418 e. The Kier molecular flexibility index (Phi) is 2.55. The van der Waals surface area contributed by atoms with Crippen LogP contribution in [0, 0.1) is 0 Å². The summed E-state index contributed by atoms with van der Waals surface area (Å²) in [7, 11) is 0. The second-order valence-electron chi connectivity index (χ2n) is 2.80. The normalized spacial score (nSPS) is 11.7. The van der Waals surface area contributed by atoms with Gasteiger partial charge < -0.3 is 11.5 Å². The number of nitrogens with zero attached hydrogens (tertiary/aromatic N) is 1. The molecule has 0 saturated carbocycles. The third-order valence-electron chi connectivity index (χ3n) is 1.92. The van der Waals surface area contributed by atoms with Gasteiger partial charge in [0.2, 0.25) is 0 Å². The number of alkyl halides is 3. The van der Waals surface area contributed by atoms with E-state index in [9.17, 15) is 13.2 Å². The molecule has 0 spiro atoms. The maximum absolute atomic E-state index is 12.4. The number of anilines is 2. The Bertz CT molecular complexity index is 346. The van der Waals surface area contributed by atoms with Gasteiger partial charge in [0.1, 0.15) is 5.82 Å². The molecule has 0 aliphatic rings. The first-order chi connectivity index (χ1) is 6.38. The van der Waals surface area contributed by atoms with Gasteiger partial charge in [0.05, 0.1) is 11.3 Å². The first-order valence-electron chi connectivity index (χ1n) is 3.98. The highest BCUT2D eigenvalue weighted by molar-refractivity contribution is 5.65. The molecule has 78 valence electrons. The molecule has 0 saturated heterocycles. The molecular formula is C8H10F3N3. The number of aromatic nitrogens is 1. The monoisotopic (exact) mass is 205 g/mol. The number of halogens is 3. The van der Waals surface area contributed by atoms with Gasteiger partial charge in [-0.15, -0.1) is 0 Å². The van der Waals surface area contributed by atoms with E-state index in [-0.39, 0.29) is 23.5 Å². The molecule has 0 atom stereocenters. The minimum atomic E-state index is -4.43. The van der Waals surface area contributed by atoms with Crippen molar-refractivity contribution in [1.82, 2.24) is 4.98 Å². The second-order valence-corrected chi connectivity index (χ2v) is 2.80. The van der Waals surface area contributed by atoms with Crippen molar-refractivity contribution < 1.29 is 13.2 Å². The first-order valence-corrected chi connectivity index (χ1v) is 3.98. The molecule has 0 radical (unpaired) electrons. The minimum absolute atomic E-state index is 0.00463. The van der Waals surface area contributed by atoms with E-state index < -0.39 is 11.7 Å². The smallest absolute Gasteiger partial charge is 0.396 e. The fourth-order valence-electron chi connectivity index (χ4n) is 1.21. The minimum Gasteiger partial charge on any atom is -0.396 e. The summed E-state index contributed by atoms with van der Waals surface area (Å²) in [4.78, 5) is 3.39. The van der Waals surface area contributed by atoms with E-state index in [1.165, 1.54) is 0 Å². The van der Waals surface area contributed by atoms with Gasteiger partial charge in [-0.3, -0.25) is 0 Å². The Labute approximate surface area is 78.9 Å². The fourth-order valence-corrected chi connectivity index (χ4v) is 1.21. The first kappa shape index (κ1) is 10.6. The Balaban J connectivity index is 3.39. The van der Waals surface area contributed by atoms with Gasteiger partial charge in [-0.25, -0.2) is 4.98 Å². The SMILES string of the molecule is CCc1c(C(F)(F)F)cnc(N)c1N. The van der Waals surface area contributed by atoms with Crippen molar-refractivity contribution in [2.24, 2.45) is 0 Å². The quantitative estimate of drug-likeness (QED) is 0.735. The zero-order valence-corrected chi connectivity index (χ0v) is 7.52. The van der Waals surface area contributed by atoms with Crippen molar-refractivity contribution in [3.05, 3.63) is 17.3 Å². The van der Waals surface area contributed by atoms with Gasteiger partial charge in [-0.1, -0.05) is 6.92 Å². The summed E-state index contributed by atoms with van der Waals surface area (Å²) in [5.41, 5.74) is 9.82. The topological polar surface area (TPSA) is 64.9 Å². The molecule has 0 aliphatic heterocycles. The van der Waals surface area contributed by atoms with Crippen molar-refractivity contribution >= 4 is 11.5 Å². The van der Waals surface area contributed by atoms with Crippen LogP contribution in [0.15, 0.2) is 6.20 Å². The summed E-state index contributed by atoms with van der Waals surface area (Å²) in [6, 6.07) is 0. The van der Waals surface area contributed by atoms with Gasteiger partial charge >= 0.3 is 6.18 Å². The van der Waals surface area contributed by atoms with Gasteiger partial charge in [0.15, 0.2) is 0 Å². The number of hydrogen-bond acceptors (Lipinski definition) is 3. The van der Waals surface area contributed by atoms with Gasteiger partial charge in [-0.2, -0.15) is 13.2 Å². The molecule has 3 nitrogen and oxygen atoms in total. The van der Waals surface area contributed by atoms with Crippen LogP contribution >= 0.6 is 0 Å². The largest absolute Gasteiger partial charge is 0.418 e. The van der Waals surface area contributed by atoms with Crippen LogP contribution in [0.25, 0.3) is 0 Å². The predicted molar refractivity (Wildman–Crippen MR) is 47.4 cm³/mol. The molecule has 1 aromatic rings. The molecule has 0 unspecified atom stereocenters. The zero-order valence-electron chi connectivity index (χ0n) is 7.52. The molecule has 0 bridgehead atoms. The van der Waals surface area contributed by atoms with Gasteiger partial charge in [0, 0.05) is 6.20 Å². The lowest BCUT2D eigenvalue weighted by Gasteiger charge is -2.14. The zero-order chi connectivity index (χ0) is 10.9. The molecule has 0 amide bonds. The summed E-state index contributed by atoms with van der Waals surface area (Å²) >= 11 is 0. The Morgan fingerprint density at radius 3 is 2.36 bits per heavy atom. The van der Waals surface area contributed by atoms with Crippen LogP contribution in [0.4, 0.5) is 24.7 Å². The highest BCUT2D eigenvalue weighted by Gasteiger charge is 2.34. The molecule has 1 aromatic heterocycles. The molecule has 4 N–H and O–H groups in total. The van der Waals surface area contributed by atoms with E-state index in [1.807, 2.05) is 0 Å². The summed E-state index contributed by atoms with van der Waals surface area (Å²) in [5.74, 6) is -0.0603. The number of rotatable bonds is 1. The van der Waals surface area contributed by atoms with Crippen LogP contribution in [0.1, 0.15) is 18.1 Å². The van der Waals surface area contributed by atoms with Crippen LogP contribution in [0.5, 0.6) is 0 Å². The Hall–Kier alpha value is -1.46. The lowest BCUT2D eigenvalue weighted by Crippen LogP contribution is -2.13. The summed E-state index contributed by atoms with van der Waals surface area (Å²) in [6.07, 6.45) is -3.54. The lowest BCUT2D eigenvalue weighted by molar-refractivity contribution is -0.138. The predicted octanol–water partition coefficient (Wildman–Crippen LogP) is 1.83. The van der Waals surface area contributed by atoms with Gasteiger partial charge in [-0.05, 0) is 12.0 Å². The molecule has 0 aliphatic carbocycles. The molecule has 6 heteroatoms. The highest BCUT2D eigenvalue weighted by Crippen LogP contribution is 2.35. The van der Waals surface area contributed by atoms with Crippen LogP contribution in [-0.2, 0) is 12.6 Å². The van der Waals surface area contributed by atoms with Crippen molar-refractivity contribution in [1.29, 1.82) is 0 Å². The van der Waals surface area contributed by atoms with E-state index in [0.717, 1.165) is 0 Å². The maximum atomic E-state index is 12.4.